The maximum atomic E-state index is 11.9. The fourth-order valence-corrected chi connectivity index (χ4v) is 0.530. The van der Waals surface area contributed by atoms with Gasteiger partial charge < -0.3 is 0 Å². The number of hydrogen-bond donors (Lipinski definition) is 0. The highest BCUT2D eigenvalue weighted by Gasteiger charge is 2.19. The highest BCUT2D eigenvalue weighted by atomic mass is 19.3. The van der Waals surface area contributed by atoms with Crippen molar-refractivity contribution in [2.24, 2.45) is 0 Å². The van der Waals surface area contributed by atoms with Crippen LogP contribution in [-0.4, -0.2) is 5.92 Å². The van der Waals surface area contributed by atoms with E-state index in [-0.39, 0.29) is 6.42 Å². The van der Waals surface area contributed by atoms with E-state index in [1.165, 1.54) is 0 Å². The molecule has 0 radical (unpaired) electrons. The zero-order chi connectivity index (χ0) is 6.78. The molecule has 0 aromatic carbocycles. The van der Waals surface area contributed by atoms with Gasteiger partial charge in [0.1, 0.15) is 0 Å². The maximum absolute atomic E-state index is 11.9. The summed E-state index contributed by atoms with van der Waals surface area (Å²) in [6.45, 7) is 5.85. The lowest BCUT2D eigenvalue weighted by molar-refractivity contribution is 0.0228. The standard InChI is InChI=1S/C6H10F2/c1-5(2)4-6(3,7)8/h1,4H2,2-3H3. The highest BCUT2D eigenvalue weighted by molar-refractivity contribution is 4.91. The first-order chi connectivity index (χ1) is 3.42. The summed E-state index contributed by atoms with van der Waals surface area (Å²) in [4.78, 5) is 0. The first-order valence-corrected chi connectivity index (χ1v) is 2.44. The summed E-state index contributed by atoms with van der Waals surface area (Å²) in [5.41, 5.74) is 0.525. The smallest absolute Gasteiger partial charge is 0.207 e. The Morgan fingerprint density at radius 3 is 2.00 bits per heavy atom. The molecule has 0 nitrogen and oxygen atoms in total. The number of alkyl halides is 2. The van der Waals surface area contributed by atoms with Crippen LogP contribution in [0.3, 0.4) is 0 Å². The lowest BCUT2D eigenvalue weighted by Crippen LogP contribution is -2.08. The normalized spacial score (nSPS) is 11.5. The molecule has 48 valence electrons. The monoisotopic (exact) mass is 120 g/mol. The molecule has 0 aliphatic carbocycles. The van der Waals surface area contributed by atoms with Crippen LogP contribution in [0.5, 0.6) is 0 Å². The third-order valence-corrected chi connectivity index (χ3v) is 0.612. The van der Waals surface area contributed by atoms with E-state index in [4.69, 9.17) is 0 Å². The van der Waals surface area contributed by atoms with Crippen molar-refractivity contribution in [1.82, 2.24) is 0 Å². The predicted molar refractivity (Wildman–Crippen MR) is 30.1 cm³/mol. The summed E-state index contributed by atoms with van der Waals surface area (Å²) in [5, 5.41) is 0. The van der Waals surface area contributed by atoms with Crippen molar-refractivity contribution in [2.45, 2.75) is 26.2 Å². The van der Waals surface area contributed by atoms with E-state index in [1.807, 2.05) is 0 Å². The van der Waals surface area contributed by atoms with Gasteiger partial charge in [0.05, 0.1) is 0 Å². The van der Waals surface area contributed by atoms with Crippen LogP contribution in [0, 0.1) is 0 Å². The van der Waals surface area contributed by atoms with Gasteiger partial charge in [-0.1, -0.05) is 12.2 Å². The quantitative estimate of drug-likeness (QED) is 0.491. The number of hydrogen-bond acceptors (Lipinski definition) is 0. The van der Waals surface area contributed by atoms with Gasteiger partial charge in [0, 0.05) is 6.42 Å². The van der Waals surface area contributed by atoms with E-state index in [0.29, 0.717) is 5.57 Å². The lowest BCUT2D eigenvalue weighted by Gasteiger charge is -2.07. The van der Waals surface area contributed by atoms with Crippen LogP contribution in [-0.2, 0) is 0 Å². The Bertz CT molecular complexity index is 89.2. The zero-order valence-electron chi connectivity index (χ0n) is 5.17. The molecule has 0 aliphatic heterocycles. The second kappa shape index (κ2) is 2.25. The van der Waals surface area contributed by atoms with Crippen LogP contribution >= 0.6 is 0 Å². The van der Waals surface area contributed by atoms with Crippen LogP contribution < -0.4 is 0 Å². The van der Waals surface area contributed by atoms with Crippen molar-refractivity contribution in [3.8, 4) is 0 Å². The molecule has 0 unspecified atom stereocenters. The molecule has 0 aliphatic rings. The lowest BCUT2D eigenvalue weighted by atomic mass is 10.2. The minimum absolute atomic E-state index is 0.201. The van der Waals surface area contributed by atoms with Crippen LogP contribution in [0.15, 0.2) is 12.2 Å². The molecule has 0 aromatic heterocycles. The van der Waals surface area contributed by atoms with E-state index in [0.717, 1.165) is 6.92 Å². The van der Waals surface area contributed by atoms with Crippen molar-refractivity contribution in [3.05, 3.63) is 12.2 Å². The number of halogens is 2. The minimum atomic E-state index is -2.58. The fourth-order valence-electron chi connectivity index (χ4n) is 0.530. The van der Waals surface area contributed by atoms with Crippen molar-refractivity contribution >= 4 is 0 Å². The van der Waals surface area contributed by atoms with Gasteiger partial charge in [-0.15, -0.1) is 0 Å². The molecular weight excluding hydrogens is 110 g/mol. The Kier molecular flexibility index (Phi) is 2.13. The summed E-state index contributed by atoms with van der Waals surface area (Å²) < 4.78 is 23.8. The summed E-state index contributed by atoms with van der Waals surface area (Å²) >= 11 is 0. The summed E-state index contributed by atoms with van der Waals surface area (Å²) in [6, 6.07) is 0. The molecule has 0 amide bonds. The Labute approximate surface area is 48.2 Å². The van der Waals surface area contributed by atoms with Crippen molar-refractivity contribution in [3.63, 3.8) is 0 Å². The second-order valence-electron chi connectivity index (χ2n) is 2.20. The van der Waals surface area contributed by atoms with E-state index < -0.39 is 5.92 Å². The van der Waals surface area contributed by atoms with Gasteiger partial charge >= 0.3 is 0 Å². The van der Waals surface area contributed by atoms with E-state index in [2.05, 4.69) is 6.58 Å². The molecule has 0 N–H and O–H groups in total. The Morgan fingerprint density at radius 1 is 1.62 bits per heavy atom. The Hall–Kier alpha value is -0.400. The Balaban J connectivity index is 3.55. The van der Waals surface area contributed by atoms with Crippen molar-refractivity contribution in [1.29, 1.82) is 0 Å². The first-order valence-electron chi connectivity index (χ1n) is 2.44. The molecule has 0 bridgehead atoms. The van der Waals surface area contributed by atoms with Gasteiger partial charge in [-0.25, -0.2) is 8.78 Å². The van der Waals surface area contributed by atoms with Gasteiger partial charge in [-0.3, -0.25) is 0 Å². The van der Waals surface area contributed by atoms with E-state index >= 15 is 0 Å². The summed E-state index contributed by atoms with van der Waals surface area (Å²) in [5.74, 6) is -2.58. The van der Waals surface area contributed by atoms with Crippen LogP contribution in [0.2, 0.25) is 0 Å². The molecule has 0 aromatic rings. The molecule has 0 heterocycles. The van der Waals surface area contributed by atoms with Gasteiger partial charge in [-0.05, 0) is 13.8 Å². The topological polar surface area (TPSA) is 0 Å². The first kappa shape index (κ1) is 7.60. The average Bonchev–Trinajstić information content (AvgIpc) is 1.21. The number of rotatable bonds is 2. The Morgan fingerprint density at radius 2 is 2.00 bits per heavy atom. The molecule has 8 heavy (non-hydrogen) atoms. The zero-order valence-corrected chi connectivity index (χ0v) is 5.17. The predicted octanol–water partition coefficient (Wildman–Crippen LogP) is 2.61. The van der Waals surface area contributed by atoms with Crippen LogP contribution in [0.4, 0.5) is 8.78 Å². The third-order valence-electron chi connectivity index (χ3n) is 0.612. The third kappa shape index (κ3) is 5.60. The molecule has 0 spiro atoms. The highest BCUT2D eigenvalue weighted by Crippen LogP contribution is 2.20. The van der Waals surface area contributed by atoms with Crippen LogP contribution in [0.25, 0.3) is 0 Å². The number of allylic oxidation sites excluding steroid dienone is 1. The van der Waals surface area contributed by atoms with Gasteiger partial charge in [0.15, 0.2) is 0 Å². The molecule has 0 rings (SSSR count). The largest absolute Gasteiger partial charge is 0.249 e. The molecule has 0 saturated heterocycles. The summed E-state index contributed by atoms with van der Waals surface area (Å²) in [6.07, 6.45) is -0.201. The van der Waals surface area contributed by atoms with Gasteiger partial charge in [0.25, 0.3) is 0 Å². The second-order valence-corrected chi connectivity index (χ2v) is 2.20. The van der Waals surface area contributed by atoms with E-state index in [1.54, 1.807) is 6.92 Å². The van der Waals surface area contributed by atoms with Gasteiger partial charge in [0.2, 0.25) is 5.92 Å². The SMILES string of the molecule is C=C(C)CC(C)(F)F. The molecule has 0 saturated carbocycles. The van der Waals surface area contributed by atoms with E-state index in [9.17, 15) is 8.78 Å². The van der Waals surface area contributed by atoms with Crippen LogP contribution in [0.1, 0.15) is 20.3 Å². The fraction of sp³-hybridized carbons (Fsp3) is 0.667. The summed E-state index contributed by atoms with van der Waals surface area (Å²) in [7, 11) is 0. The molecule has 0 atom stereocenters. The molecule has 0 fully saturated rings. The molecule has 2 heteroatoms. The van der Waals surface area contributed by atoms with Gasteiger partial charge in [-0.2, -0.15) is 0 Å². The minimum Gasteiger partial charge on any atom is -0.207 e. The van der Waals surface area contributed by atoms with Crippen molar-refractivity contribution in [2.75, 3.05) is 0 Å². The maximum Gasteiger partial charge on any atom is 0.249 e. The van der Waals surface area contributed by atoms with Crippen molar-refractivity contribution < 1.29 is 8.78 Å². The average molecular weight is 120 g/mol. The molecular formula is C6H10F2.